The van der Waals surface area contributed by atoms with Gasteiger partial charge in [0.2, 0.25) is 10.0 Å². The third kappa shape index (κ3) is 3.17. The fourth-order valence-electron chi connectivity index (χ4n) is 2.50. The first-order chi connectivity index (χ1) is 8.97. The van der Waals surface area contributed by atoms with Crippen LogP contribution in [-0.2, 0) is 21.3 Å². The Kier molecular flexibility index (Phi) is 4.62. The summed E-state index contributed by atoms with van der Waals surface area (Å²) in [6.07, 6.45) is 2.69. The SMILES string of the molecule is COC1CCCC1NS(=O)(=O)c1cc(CN)sc1C. The molecule has 1 aliphatic rings. The van der Waals surface area contributed by atoms with Gasteiger partial charge in [0.25, 0.3) is 0 Å². The predicted molar refractivity (Wildman–Crippen MR) is 75.7 cm³/mol. The van der Waals surface area contributed by atoms with E-state index in [1.165, 1.54) is 11.3 Å². The third-order valence-electron chi connectivity index (χ3n) is 3.48. The molecule has 2 unspecified atom stereocenters. The van der Waals surface area contributed by atoms with E-state index in [0.29, 0.717) is 11.4 Å². The van der Waals surface area contributed by atoms with Gasteiger partial charge >= 0.3 is 0 Å². The molecule has 1 fully saturated rings. The van der Waals surface area contributed by atoms with Crippen LogP contribution >= 0.6 is 11.3 Å². The lowest BCUT2D eigenvalue weighted by atomic mass is 10.2. The molecule has 0 saturated heterocycles. The van der Waals surface area contributed by atoms with Gasteiger partial charge in [-0.1, -0.05) is 0 Å². The molecule has 5 nitrogen and oxygen atoms in total. The van der Waals surface area contributed by atoms with Gasteiger partial charge in [0, 0.05) is 29.5 Å². The van der Waals surface area contributed by atoms with E-state index >= 15 is 0 Å². The average molecular weight is 304 g/mol. The maximum atomic E-state index is 12.4. The highest BCUT2D eigenvalue weighted by atomic mass is 32.2. The topological polar surface area (TPSA) is 81.4 Å². The minimum absolute atomic E-state index is 0.0253. The second kappa shape index (κ2) is 5.88. The second-order valence-corrected chi connectivity index (χ2v) is 7.79. The van der Waals surface area contributed by atoms with Gasteiger partial charge in [-0.25, -0.2) is 13.1 Å². The molecule has 0 aromatic carbocycles. The Morgan fingerprint density at radius 2 is 2.26 bits per heavy atom. The highest BCUT2D eigenvalue weighted by Gasteiger charge is 2.32. The number of ether oxygens (including phenoxy) is 1. The monoisotopic (exact) mass is 304 g/mol. The van der Waals surface area contributed by atoms with Crippen molar-refractivity contribution in [3.05, 3.63) is 15.8 Å². The zero-order valence-corrected chi connectivity index (χ0v) is 12.8. The number of nitrogens with one attached hydrogen (secondary N) is 1. The number of nitrogens with two attached hydrogens (primary N) is 1. The van der Waals surface area contributed by atoms with Crippen molar-refractivity contribution in [1.82, 2.24) is 4.72 Å². The molecule has 108 valence electrons. The summed E-state index contributed by atoms with van der Waals surface area (Å²) >= 11 is 1.43. The van der Waals surface area contributed by atoms with Gasteiger partial charge in [0.1, 0.15) is 0 Å². The van der Waals surface area contributed by atoms with Crippen molar-refractivity contribution in [2.45, 2.75) is 49.8 Å². The van der Waals surface area contributed by atoms with Crippen LogP contribution in [0.1, 0.15) is 29.0 Å². The molecule has 2 atom stereocenters. The normalized spacial score (nSPS) is 23.9. The van der Waals surface area contributed by atoms with Crippen LogP contribution in [0, 0.1) is 6.92 Å². The molecule has 7 heteroatoms. The van der Waals surface area contributed by atoms with Crippen molar-refractivity contribution < 1.29 is 13.2 Å². The molecular weight excluding hydrogens is 284 g/mol. The first-order valence-corrected chi connectivity index (χ1v) is 8.62. The van der Waals surface area contributed by atoms with Gasteiger partial charge in [0.15, 0.2) is 0 Å². The Morgan fingerprint density at radius 1 is 1.53 bits per heavy atom. The number of hydrogen-bond donors (Lipinski definition) is 2. The number of aryl methyl sites for hydroxylation is 1. The summed E-state index contributed by atoms with van der Waals surface area (Å²) in [5, 5.41) is 0. The second-order valence-electron chi connectivity index (χ2n) is 4.77. The van der Waals surface area contributed by atoms with Crippen molar-refractivity contribution in [3.63, 3.8) is 0 Å². The van der Waals surface area contributed by atoms with Gasteiger partial charge in [-0.05, 0) is 32.3 Å². The largest absolute Gasteiger partial charge is 0.380 e. The third-order valence-corrected chi connectivity index (χ3v) is 6.29. The van der Waals surface area contributed by atoms with Gasteiger partial charge in [-0.15, -0.1) is 11.3 Å². The molecule has 2 rings (SSSR count). The van der Waals surface area contributed by atoms with Crippen LogP contribution in [0.5, 0.6) is 0 Å². The Labute approximate surface area is 118 Å². The number of sulfonamides is 1. The predicted octanol–water partition coefficient (Wildman–Crippen LogP) is 1.36. The summed E-state index contributed by atoms with van der Waals surface area (Å²) in [5.41, 5.74) is 5.56. The molecule has 3 N–H and O–H groups in total. The van der Waals surface area contributed by atoms with E-state index in [9.17, 15) is 8.42 Å². The maximum Gasteiger partial charge on any atom is 0.242 e. The molecule has 0 radical (unpaired) electrons. The van der Waals surface area contributed by atoms with Crippen LogP contribution in [0.25, 0.3) is 0 Å². The molecule has 1 saturated carbocycles. The van der Waals surface area contributed by atoms with E-state index in [4.69, 9.17) is 10.5 Å². The Hall–Kier alpha value is -0.470. The fourth-order valence-corrected chi connectivity index (χ4v) is 5.31. The van der Waals surface area contributed by atoms with E-state index in [-0.39, 0.29) is 12.1 Å². The van der Waals surface area contributed by atoms with E-state index in [1.807, 2.05) is 0 Å². The molecule has 1 aromatic heterocycles. The highest BCUT2D eigenvalue weighted by Crippen LogP contribution is 2.28. The first-order valence-electron chi connectivity index (χ1n) is 6.32. The highest BCUT2D eigenvalue weighted by molar-refractivity contribution is 7.89. The lowest BCUT2D eigenvalue weighted by Gasteiger charge is -2.19. The molecule has 1 heterocycles. The molecule has 0 bridgehead atoms. The summed E-state index contributed by atoms with van der Waals surface area (Å²) in [4.78, 5) is 2.01. The van der Waals surface area contributed by atoms with Crippen molar-refractivity contribution in [3.8, 4) is 0 Å². The van der Waals surface area contributed by atoms with E-state index in [0.717, 1.165) is 29.0 Å². The van der Waals surface area contributed by atoms with Crippen LogP contribution in [0.3, 0.4) is 0 Å². The van der Waals surface area contributed by atoms with Crippen LogP contribution in [0.15, 0.2) is 11.0 Å². The Morgan fingerprint density at radius 3 is 2.84 bits per heavy atom. The smallest absolute Gasteiger partial charge is 0.242 e. The van der Waals surface area contributed by atoms with E-state index in [1.54, 1.807) is 20.1 Å². The van der Waals surface area contributed by atoms with E-state index < -0.39 is 10.0 Å². The zero-order valence-electron chi connectivity index (χ0n) is 11.2. The van der Waals surface area contributed by atoms with Gasteiger partial charge in [0.05, 0.1) is 11.0 Å². The zero-order chi connectivity index (χ0) is 14.0. The van der Waals surface area contributed by atoms with E-state index in [2.05, 4.69) is 4.72 Å². The molecule has 19 heavy (non-hydrogen) atoms. The standard InChI is InChI=1S/C12H20N2O3S2/c1-8-12(6-9(7-13)18-8)19(15,16)14-10-4-3-5-11(10)17-2/h6,10-11,14H,3-5,7,13H2,1-2H3. The number of hydrogen-bond acceptors (Lipinski definition) is 5. The summed E-state index contributed by atoms with van der Waals surface area (Å²) in [5.74, 6) is 0. The molecule has 0 spiro atoms. The first kappa shape index (κ1) is 14.9. The van der Waals surface area contributed by atoms with Crippen LogP contribution in [-0.4, -0.2) is 27.7 Å². The minimum atomic E-state index is -3.48. The van der Waals surface area contributed by atoms with Crippen molar-refractivity contribution in [1.29, 1.82) is 0 Å². The molecule has 1 aliphatic carbocycles. The minimum Gasteiger partial charge on any atom is -0.380 e. The molecule has 1 aromatic rings. The van der Waals surface area contributed by atoms with Crippen LogP contribution in [0.2, 0.25) is 0 Å². The Bertz CT molecular complexity index is 539. The van der Waals surface area contributed by atoms with Crippen molar-refractivity contribution >= 4 is 21.4 Å². The van der Waals surface area contributed by atoms with Crippen LogP contribution < -0.4 is 10.5 Å². The lowest BCUT2D eigenvalue weighted by Crippen LogP contribution is -2.40. The molecular formula is C12H20N2O3S2. The fraction of sp³-hybridized carbons (Fsp3) is 0.667. The summed E-state index contributed by atoms with van der Waals surface area (Å²) in [6.45, 7) is 2.17. The summed E-state index contributed by atoms with van der Waals surface area (Å²) in [6, 6.07) is 1.54. The van der Waals surface area contributed by atoms with Gasteiger partial charge in [-0.2, -0.15) is 0 Å². The molecule has 0 amide bonds. The van der Waals surface area contributed by atoms with Gasteiger partial charge < -0.3 is 10.5 Å². The summed E-state index contributed by atoms with van der Waals surface area (Å²) in [7, 11) is -1.86. The maximum absolute atomic E-state index is 12.4. The molecule has 0 aliphatic heterocycles. The van der Waals surface area contributed by atoms with Crippen molar-refractivity contribution in [2.75, 3.05) is 7.11 Å². The number of rotatable bonds is 5. The van der Waals surface area contributed by atoms with Gasteiger partial charge in [-0.3, -0.25) is 0 Å². The van der Waals surface area contributed by atoms with Crippen molar-refractivity contribution in [2.24, 2.45) is 5.73 Å². The summed E-state index contributed by atoms with van der Waals surface area (Å²) < 4.78 is 32.9. The Balaban J connectivity index is 2.20. The average Bonchev–Trinajstić information content (AvgIpc) is 2.95. The quantitative estimate of drug-likeness (QED) is 0.860. The lowest BCUT2D eigenvalue weighted by molar-refractivity contribution is 0.0916. The van der Waals surface area contributed by atoms with Crippen LogP contribution in [0.4, 0.5) is 0 Å². The number of thiophene rings is 1. The number of methoxy groups -OCH3 is 1.